The Morgan fingerprint density at radius 1 is 1.38 bits per heavy atom. The average Bonchev–Trinajstić information content (AvgIpc) is 2.95. The molecular weight excluding hydrogens is 288 g/mol. The Hall–Kier alpha value is -2.21. The van der Waals surface area contributed by atoms with Crippen molar-refractivity contribution in [3.05, 3.63) is 51.5 Å². The van der Waals surface area contributed by atoms with E-state index in [-0.39, 0.29) is 12.5 Å². The van der Waals surface area contributed by atoms with Crippen molar-refractivity contribution in [1.82, 2.24) is 4.98 Å². The zero-order chi connectivity index (χ0) is 15.4. The summed E-state index contributed by atoms with van der Waals surface area (Å²) in [5.74, 6) is -0.639. The fraction of sp³-hybridized carbons (Fsp3) is 0.267. The zero-order valence-electron chi connectivity index (χ0n) is 11.8. The number of hydrogen-bond donors (Lipinski definition) is 1. The number of rotatable bonds is 5. The average molecular weight is 304 g/mol. The molecule has 1 amide bonds. The number of ether oxygens (including phenoxy) is 1. The molecule has 0 radical (unpaired) electrons. The van der Waals surface area contributed by atoms with E-state index >= 15 is 0 Å². The Morgan fingerprint density at radius 2 is 2.14 bits per heavy atom. The van der Waals surface area contributed by atoms with Gasteiger partial charge in [0.05, 0.1) is 11.2 Å². The fourth-order valence-electron chi connectivity index (χ4n) is 1.68. The molecule has 2 N–H and O–H groups in total. The molecule has 0 saturated carbocycles. The van der Waals surface area contributed by atoms with Crippen LogP contribution in [0.3, 0.4) is 0 Å². The van der Waals surface area contributed by atoms with Crippen LogP contribution in [0.1, 0.15) is 50.4 Å². The molecule has 1 aromatic carbocycles. The zero-order valence-corrected chi connectivity index (χ0v) is 12.6. The maximum atomic E-state index is 11.9. The van der Waals surface area contributed by atoms with Gasteiger partial charge in [-0.05, 0) is 17.7 Å². The lowest BCUT2D eigenvalue weighted by atomic mass is 10.1. The Labute approximate surface area is 126 Å². The number of nitrogens with zero attached hydrogens (tertiary/aromatic N) is 1. The lowest BCUT2D eigenvalue weighted by Crippen LogP contribution is -2.11. The van der Waals surface area contributed by atoms with E-state index in [1.165, 1.54) is 17.5 Å². The highest BCUT2D eigenvalue weighted by atomic mass is 32.1. The Kier molecular flexibility index (Phi) is 4.70. The number of hydrogen-bond acceptors (Lipinski definition) is 5. The summed E-state index contributed by atoms with van der Waals surface area (Å²) in [6.45, 7) is 4.13. The topological polar surface area (TPSA) is 82.3 Å². The number of thiazole rings is 1. The Bertz CT molecular complexity index is 664. The minimum Gasteiger partial charge on any atom is -0.457 e. The molecule has 0 aliphatic heterocycles. The first-order chi connectivity index (χ1) is 9.97. The fourth-order valence-corrected chi connectivity index (χ4v) is 2.50. The third-order valence-electron chi connectivity index (χ3n) is 2.80. The van der Waals surface area contributed by atoms with Crippen molar-refractivity contribution in [3.8, 4) is 0 Å². The van der Waals surface area contributed by atoms with Gasteiger partial charge < -0.3 is 10.5 Å². The van der Waals surface area contributed by atoms with Gasteiger partial charge in [0.2, 0.25) is 5.91 Å². The van der Waals surface area contributed by atoms with E-state index in [0.717, 1.165) is 5.01 Å². The SMILES string of the molecule is CC(C)c1ncc(C(=O)OCc2cccc(C(N)=O)c2)s1. The molecule has 1 heterocycles. The molecule has 2 rings (SSSR count). The summed E-state index contributed by atoms with van der Waals surface area (Å²) in [6.07, 6.45) is 1.53. The Balaban J connectivity index is 2.00. The minimum atomic E-state index is -0.507. The molecule has 21 heavy (non-hydrogen) atoms. The third kappa shape index (κ3) is 3.88. The van der Waals surface area contributed by atoms with Crippen LogP contribution in [0.2, 0.25) is 0 Å². The molecule has 1 aromatic heterocycles. The van der Waals surface area contributed by atoms with Crippen molar-refractivity contribution >= 4 is 23.2 Å². The van der Waals surface area contributed by atoms with Crippen LogP contribution in [0, 0.1) is 0 Å². The van der Waals surface area contributed by atoms with Crippen LogP contribution in [0.25, 0.3) is 0 Å². The monoisotopic (exact) mass is 304 g/mol. The standard InChI is InChI=1S/C15H16N2O3S/c1-9(2)14-17-7-12(21-14)15(19)20-8-10-4-3-5-11(6-10)13(16)18/h3-7,9H,8H2,1-2H3,(H2,16,18). The van der Waals surface area contributed by atoms with Gasteiger partial charge in [0.1, 0.15) is 11.5 Å². The van der Waals surface area contributed by atoms with Crippen LogP contribution >= 0.6 is 11.3 Å². The first kappa shape index (κ1) is 15.2. The molecule has 0 atom stereocenters. The Morgan fingerprint density at radius 3 is 2.76 bits per heavy atom. The third-order valence-corrected chi connectivity index (χ3v) is 4.08. The molecule has 0 bridgehead atoms. The smallest absolute Gasteiger partial charge is 0.350 e. The summed E-state index contributed by atoms with van der Waals surface area (Å²) >= 11 is 1.33. The van der Waals surface area contributed by atoms with E-state index in [2.05, 4.69) is 4.98 Å². The van der Waals surface area contributed by atoms with Crippen molar-refractivity contribution in [2.75, 3.05) is 0 Å². The maximum Gasteiger partial charge on any atom is 0.350 e. The maximum absolute atomic E-state index is 11.9. The van der Waals surface area contributed by atoms with Gasteiger partial charge in [-0.15, -0.1) is 11.3 Å². The summed E-state index contributed by atoms with van der Waals surface area (Å²) in [5.41, 5.74) is 6.32. The number of benzene rings is 1. The van der Waals surface area contributed by atoms with Crippen LogP contribution < -0.4 is 5.73 Å². The first-order valence-electron chi connectivity index (χ1n) is 6.49. The highest BCUT2D eigenvalue weighted by Gasteiger charge is 2.14. The van der Waals surface area contributed by atoms with E-state index in [9.17, 15) is 9.59 Å². The van der Waals surface area contributed by atoms with Crippen molar-refractivity contribution < 1.29 is 14.3 Å². The molecular formula is C15H16N2O3S. The minimum absolute atomic E-state index is 0.0921. The lowest BCUT2D eigenvalue weighted by molar-refractivity contribution is 0.0478. The number of carbonyl (C=O) groups excluding carboxylic acids is 2. The van der Waals surface area contributed by atoms with Crippen LogP contribution in [0.4, 0.5) is 0 Å². The number of nitrogens with two attached hydrogens (primary N) is 1. The molecule has 0 aliphatic carbocycles. The second-order valence-corrected chi connectivity index (χ2v) is 5.92. The number of amides is 1. The van der Waals surface area contributed by atoms with E-state index in [1.807, 2.05) is 13.8 Å². The second kappa shape index (κ2) is 6.49. The second-order valence-electron chi connectivity index (χ2n) is 4.86. The summed E-state index contributed by atoms with van der Waals surface area (Å²) in [4.78, 5) is 27.7. The molecule has 0 fully saturated rings. The highest BCUT2D eigenvalue weighted by molar-refractivity contribution is 7.13. The summed E-state index contributed by atoms with van der Waals surface area (Å²) in [6, 6.07) is 6.70. The van der Waals surface area contributed by atoms with E-state index in [4.69, 9.17) is 10.5 Å². The van der Waals surface area contributed by atoms with E-state index in [0.29, 0.717) is 16.0 Å². The van der Waals surface area contributed by atoms with Gasteiger partial charge in [-0.2, -0.15) is 0 Å². The van der Waals surface area contributed by atoms with Gasteiger partial charge in [-0.25, -0.2) is 9.78 Å². The van der Waals surface area contributed by atoms with Crippen LogP contribution in [-0.2, 0) is 11.3 Å². The van der Waals surface area contributed by atoms with E-state index < -0.39 is 11.9 Å². The normalized spacial score (nSPS) is 10.6. The lowest BCUT2D eigenvalue weighted by Gasteiger charge is -2.04. The van der Waals surface area contributed by atoms with Gasteiger partial charge in [-0.3, -0.25) is 4.79 Å². The van der Waals surface area contributed by atoms with Crippen LogP contribution in [0.5, 0.6) is 0 Å². The van der Waals surface area contributed by atoms with Gasteiger partial charge in [0, 0.05) is 11.5 Å². The van der Waals surface area contributed by atoms with Crippen molar-refractivity contribution in [1.29, 1.82) is 0 Å². The van der Waals surface area contributed by atoms with Crippen LogP contribution in [-0.4, -0.2) is 16.9 Å². The van der Waals surface area contributed by atoms with Crippen molar-refractivity contribution in [2.45, 2.75) is 26.4 Å². The van der Waals surface area contributed by atoms with Crippen LogP contribution in [0.15, 0.2) is 30.5 Å². The quantitative estimate of drug-likeness (QED) is 0.861. The summed E-state index contributed by atoms with van der Waals surface area (Å²) < 4.78 is 5.22. The number of carbonyl (C=O) groups is 2. The number of primary amides is 1. The number of aromatic nitrogens is 1. The largest absolute Gasteiger partial charge is 0.457 e. The van der Waals surface area contributed by atoms with Gasteiger partial charge in [-0.1, -0.05) is 26.0 Å². The van der Waals surface area contributed by atoms with Gasteiger partial charge in [0.15, 0.2) is 0 Å². The molecule has 6 heteroatoms. The first-order valence-corrected chi connectivity index (χ1v) is 7.30. The number of esters is 1. The highest BCUT2D eigenvalue weighted by Crippen LogP contribution is 2.22. The molecule has 110 valence electrons. The predicted molar refractivity (Wildman–Crippen MR) is 80.3 cm³/mol. The van der Waals surface area contributed by atoms with Crippen molar-refractivity contribution in [3.63, 3.8) is 0 Å². The van der Waals surface area contributed by atoms with Gasteiger partial charge in [0.25, 0.3) is 0 Å². The van der Waals surface area contributed by atoms with Crippen molar-refractivity contribution in [2.24, 2.45) is 5.73 Å². The molecule has 0 saturated heterocycles. The molecule has 0 spiro atoms. The predicted octanol–water partition coefficient (Wildman–Crippen LogP) is 2.72. The molecule has 0 unspecified atom stereocenters. The van der Waals surface area contributed by atoms with Gasteiger partial charge >= 0.3 is 5.97 Å². The molecule has 2 aromatic rings. The van der Waals surface area contributed by atoms with E-state index in [1.54, 1.807) is 24.3 Å². The summed E-state index contributed by atoms with van der Waals surface area (Å²) in [7, 11) is 0. The molecule has 5 nitrogen and oxygen atoms in total. The molecule has 0 aliphatic rings. The summed E-state index contributed by atoms with van der Waals surface area (Å²) in [5, 5.41) is 0.901.